The third-order valence-electron chi connectivity index (χ3n) is 6.07. The summed E-state index contributed by atoms with van der Waals surface area (Å²) in [7, 11) is 0. The minimum atomic E-state index is -0.645. The molecular formula is C25H35N3O4. The fourth-order valence-corrected chi connectivity index (χ4v) is 4.47. The zero-order valence-electron chi connectivity index (χ0n) is 19.6. The van der Waals surface area contributed by atoms with Crippen molar-refractivity contribution in [1.82, 2.24) is 10.2 Å². The second-order valence-corrected chi connectivity index (χ2v) is 8.94. The highest BCUT2D eigenvalue weighted by atomic mass is 16.5. The zero-order valence-corrected chi connectivity index (χ0v) is 19.6. The standard InChI is InChI=1S/C25H35N3O4/c1-5-14-28-17(4)21(24(30)32-16(2)3)22(27-25(28)31)19-12-9-13-20(15-19)26-23(29)18-10-7-6-8-11-18/h9,12-13,15-16,18,22H,5-8,10-11,14H2,1-4H3,(H,26,29)(H,27,31)/t22-/m1/s1. The Bertz CT molecular complexity index is 887. The van der Waals surface area contributed by atoms with Crippen molar-refractivity contribution in [2.45, 2.75) is 78.4 Å². The number of nitrogens with one attached hydrogen (secondary N) is 2. The molecule has 2 aliphatic rings. The van der Waals surface area contributed by atoms with Crippen molar-refractivity contribution in [1.29, 1.82) is 0 Å². The normalized spacial score (nSPS) is 19.7. The number of rotatable bonds is 7. The largest absolute Gasteiger partial charge is 0.459 e. The number of nitrogens with zero attached hydrogens (tertiary/aromatic N) is 1. The Labute approximate surface area is 190 Å². The smallest absolute Gasteiger partial charge is 0.338 e. The molecule has 7 heteroatoms. The molecule has 1 aliphatic heterocycles. The summed E-state index contributed by atoms with van der Waals surface area (Å²) in [5.74, 6) is -0.363. The van der Waals surface area contributed by atoms with Crippen LogP contribution in [0.1, 0.15) is 77.8 Å². The Balaban J connectivity index is 1.90. The van der Waals surface area contributed by atoms with E-state index in [2.05, 4.69) is 10.6 Å². The van der Waals surface area contributed by atoms with Crippen LogP contribution >= 0.6 is 0 Å². The van der Waals surface area contributed by atoms with Gasteiger partial charge in [-0.05, 0) is 57.7 Å². The molecule has 0 bridgehead atoms. The maximum Gasteiger partial charge on any atom is 0.338 e. The number of hydrogen-bond donors (Lipinski definition) is 2. The van der Waals surface area contributed by atoms with E-state index >= 15 is 0 Å². The maximum atomic E-state index is 13.0. The van der Waals surface area contributed by atoms with Gasteiger partial charge in [0.1, 0.15) is 0 Å². The van der Waals surface area contributed by atoms with Gasteiger partial charge in [0.2, 0.25) is 5.91 Å². The molecule has 7 nitrogen and oxygen atoms in total. The third kappa shape index (κ3) is 5.50. The third-order valence-corrected chi connectivity index (χ3v) is 6.07. The van der Waals surface area contributed by atoms with Gasteiger partial charge < -0.3 is 15.4 Å². The summed E-state index contributed by atoms with van der Waals surface area (Å²) in [4.78, 5) is 40.1. The summed E-state index contributed by atoms with van der Waals surface area (Å²) in [6.07, 6.45) is 5.70. The van der Waals surface area contributed by atoms with Crippen LogP contribution in [0.3, 0.4) is 0 Å². The first-order chi connectivity index (χ1) is 15.3. The fraction of sp³-hybridized carbons (Fsp3) is 0.560. The minimum absolute atomic E-state index is 0.0369. The fourth-order valence-electron chi connectivity index (χ4n) is 4.47. The van der Waals surface area contributed by atoms with E-state index in [0.717, 1.165) is 37.7 Å². The molecule has 3 rings (SSSR count). The number of hydrogen-bond acceptors (Lipinski definition) is 4. The molecule has 0 saturated heterocycles. The molecule has 1 heterocycles. The molecule has 174 valence electrons. The molecule has 0 radical (unpaired) electrons. The number of carbonyl (C=O) groups excluding carboxylic acids is 3. The summed E-state index contributed by atoms with van der Waals surface area (Å²) in [6, 6.07) is 6.46. The van der Waals surface area contributed by atoms with Crippen LogP contribution < -0.4 is 10.6 Å². The van der Waals surface area contributed by atoms with Crippen molar-refractivity contribution in [3.63, 3.8) is 0 Å². The van der Waals surface area contributed by atoms with Gasteiger partial charge in [-0.25, -0.2) is 9.59 Å². The zero-order chi connectivity index (χ0) is 23.3. The lowest BCUT2D eigenvalue weighted by Crippen LogP contribution is -2.48. The quantitative estimate of drug-likeness (QED) is 0.589. The van der Waals surface area contributed by atoms with Crippen LogP contribution in [0.15, 0.2) is 35.5 Å². The van der Waals surface area contributed by atoms with E-state index in [-0.39, 0.29) is 24.0 Å². The lowest BCUT2D eigenvalue weighted by Gasteiger charge is -2.35. The minimum Gasteiger partial charge on any atom is -0.459 e. The first-order valence-electron chi connectivity index (χ1n) is 11.7. The highest BCUT2D eigenvalue weighted by Gasteiger charge is 2.36. The summed E-state index contributed by atoms with van der Waals surface area (Å²) < 4.78 is 5.50. The van der Waals surface area contributed by atoms with E-state index in [1.807, 2.05) is 31.2 Å². The number of urea groups is 1. The predicted molar refractivity (Wildman–Crippen MR) is 124 cm³/mol. The summed E-state index contributed by atoms with van der Waals surface area (Å²) in [5, 5.41) is 5.99. The average Bonchev–Trinajstić information content (AvgIpc) is 2.76. The monoisotopic (exact) mass is 441 g/mol. The topological polar surface area (TPSA) is 87.7 Å². The number of benzene rings is 1. The van der Waals surface area contributed by atoms with E-state index in [9.17, 15) is 14.4 Å². The second-order valence-electron chi connectivity index (χ2n) is 8.94. The Morgan fingerprint density at radius 1 is 1.22 bits per heavy atom. The van der Waals surface area contributed by atoms with Gasteiger partial charge in [0.15, 0.2) is 0 Å². The first kappa shape index (κ1) is 23.8. The van der Waals surface area contributed by atoms with Gasteiger partial charge in [0.25, 0.3) is 0 Å². The molecule has 32 heavy (non-hydrogen) atoms. The molecule has 1 aromatic rings. The van der Waals surface area contributed by atoms with Gasteiger partial charge >= 0.3 is 12.0 Å². The molecular weight excluding hydrogens is 406 g/mol. The van der Waals surface area contributed by atoms with Crippen LogP contribution in [-0.4, -0.2) is 35.5 Å². The van der Waals surface area contributed by atoms with Crippen LogP contribution in [0.2, 0.25) is 0 Å². The van der Waals surface area contributed by atoms with E-state index in [0.29, 0.717) is 23.5 Å². The number of allylic oxidation sites excluding steroid dienone is 1. The van der Waals surface area contributed by atoms with Crippen LogP contribution in [0.5, 0.6) is 0 Å². The van der Waals surface area contributed by atoms with Crippen LogP contribution in [0.25, 0.3) is 0 Å². The van der Waals surface area contributed by atoms with E-state index in [1.165, 1.54) is 6.42 Å². The first-order valence-corrected chi connectivity index (χ1v) is 11.7. The molecule has 1 fully saturated rings. The predicted octanol–water partition coefficient (Wildman–Crippen LogP) is 4.91. The van der Waals surface area contributed by atoms with Gasteiger partial charge in [0.05, 0.1) is 17.7 Å². The van der Waals surface area contributed by atoms with E-state index in [4.69, 9.17) is 4.74 Å². The van der Waals surface area contributed by atoms with Crippen molar-refractivity contribution in [3.05, 3.63) is 41.1 Å². The van der Waals surface area contributed by atoms with Crippen molar-refractivity contribution in [2.75, 3.05) is 11.9 Å². The Kier molecular flexibility index (Phi) is 7.94. The van der Waals surface area contributed by atoms with Crippen LogP contribution in [0, 0.1) is 5.92 Å². The number of carbonyl (C=O) groups is 3. The van der Waals surface area contributed by atoms with Crippen molar-refractivity contribution in [3.8, 4) is 0 Å². The van der Waals surface area contributed by atoms with Crippen molar-refractivity contribution >= 4 is 23.6 Å². The van der Waals surface area contributed by atoms with Gasteiger partial charge in [-0.15, -0.1) is 0 Å². The molecule has 1 aliphatic carbocycles. The number of esters is 1. The van der Waals surface area contributed by atoms with Gasteiger partial charge in [-0.1, -0.05) is 38.3 Å². The average molecular weight is 442 g/mol. The Hall–Kier alpha value is -2.83. The molecule has 3 amide bonds. The maximum absolute atomic E-state index is 13.0. The van der Waals surface area contributed by atoms with Crippen LogP contribution in [0.4, 0.5) is 10.5 Å². The van der Waals surface area contributed by atoms with Crippen LogP contribution in [-0.2, 0) is 14.3 Å². The lowest BCUT2D eigenvalue weighted by molar-refractivity contribution is -0.143. The summed E-state index contributed by atoms with van der Waals surface area (Å²) in [6.45, 7) is 7.88. The molecule has 0 aromatic heterocycles. The number of amides is 3. The highest BCUT2D eigenvalue weighted by molar-refractivity contribution is 5.96. The van der Waals surface area contributed by atoms with E-state index in [1.54, 1.807) is 25.7 Å². The van der Waals surface area contributed by atoms with Crippen molar-refractivity contribution < 1.29 is 19.1 Å². The Morgan fingerprint density at radius 3 is 2.59 bits per heavy atom. The van der Waals surface area contributed by atoms with Gasteiger partial charge in [-0.2, -0.15) is 0 Å². The van der Waals surface area contributed by atoms with E-state index < -0.39 is 12.0 Å². The van der Waals surface area contributed by atoms with Gasteiger partial charge in [-0.3, -0.25) is 9.69 Å². The lowest BCUT2D eigenvalue weighted by atomic mass is 9.88. The molecule has 1 saturated carbocycles. The van der Waals surface area contributed by atoms with Crippen molar-refractivity contribution in [2.24, 2.45) is 5.92 Å². The van der Waals surface area contributed by atoms with Gasteiger partial charge in [0, 0.05) is 23.8 Å². The highest BCUT2D eigenvalue weighted by Crippen LogP contribution is 2.33. The second kappa shape index (κ2) is 10.7. The summed E-state index contributed by atoms with van der Waals surface area (Å²) >= 11 is 0. The molecule has 0 unspecified atom stereocenters. The molecule has 1 aromatic carbocycles. The Morgan fingerprint density at radius 2 is 1.94 bits per heavy atom. The molecule has 1 atom stereocenters. The summed E-state index contributed by atoms with van der Waals surface area (Å²) in [5.41, 5.74) is 2.41. The molecule has 2 N–H and O–H groups in total. The SMILES string of the molecule is CCCN1C(=O)N[C@H](c2cccc(NC(=O)C3CCCCC3)c2)C(C(=O)OC(C)C)=C1C. The number of anilines is 1. The number of ether oxygens (including phenoxy) is 1. The molecule has 0 spiro atoms.